The van der Waals surface area contributed by atoms with Crippen LogP contribution in [-0.4, -0.2) is 46.5 Å². The number of esters is 1. The van der Waals surface area contributed by atoms with Crippen LogP contribution in [-0.2, 0) is 14.3 Å². The van der Waals surface area contributed by atoms with E-state index < -0.39 is 29.1 Å². The molecule has 0 saturated carbocycles. The average molecular weight is 328 g/mol. The lowest BCUT2D eigenvalue weighted by Gasteiger charge is -2.62. The van der Waals surface area contributed by atoms with E-state index in [1.807, 2.05) is 12.2 Å². The van der Waals surface area contributed by atoms with E-state index in [4.69, 9.17) is 16.3 Å². The van der Waals surface area contributed by atoms with E-state index in [-0.39, 0.29) is 18.2 Å². The highest BCUT2D eigenvalue weighted by Crippen LogP contribution is 2.51. The Morgan fingerprint density at radius 1 is 1.55 bits per heavy atom. The molecule has 1 aliphatic carbocycles. The fourth-order valence-corrected chi connectivity index (χ4v) is 4.47. The molecule has 2 heterocycles. The first-order valence-electron chi connectivity index (χ1n) is 7.89. The molecular weight excluding hydrogens is 306 g/mol. The number of allylic oxidation sites excluding steroid dienone is 1. The van der Waals surface area contributed by atoms with Crippen molar-refractivity contribution in [2.75, 3.05) is 12.4 Å². The second-order valence-corrected chi connectivity index (χ2v) is 7.00. The molecule has 5 nitrogen and oxygen atoms in total. The molecule has 0 bridgehead atoms. The molecule has 122 valence electrons. The number of ketones is 1. The number of nitrogens with one attached hydrogen (secondary N) is 1. The summed E-state index contributed by atoms with van der Waals surface area (Å²) in [7, 11) is 0. The molecule has 3 rings (SSSR count). The van der Waals surface area contributed by atoms with Crippen molar-refractivity contribution in [3.63, 3.8) is 0 Å². The summed E-state index contributed by atoms with van der Waals surface area (Å²) in [4.78, 5) is 24.5. The van der Waals surface area contributed by atoms with Crippen molar-refractivity contribution in [1.29, 1.82) is 0 Å². The minimum Gasteiger partial charge on any atom is -0.454 e. The number of carbonyl (C=O) groups excluding carboxylic acids is 2. The van der Waals surface area contributed by atoms with Crippen molar-refractivity contribution >= 4 is 23.4 Å². The number of hydrogen-bond donors (Lipinski definition) is 2. The van der Waals surface area contributed by atoms with E-state index in [2.05, 4.69) is 5.32 Å². The summed E-state index contributed by atoms with van der Waals surface area (Å²) in [5, 5.41) is 13.9. The Morgan fingerprint density at radius 3 is 2.91 bits per heavy atom. The number of ether oxygens (including phenoxy) is 1. The van der Waals surface area contributed by atoms with Crippen LogP contribution in [0.3, 0.4) is 0 Å². The summed E-state index contributed by atoms with van der Waals surface area (Å²) in [6.07, 6.45) is 6.38. The second-order valence-electron chi connectivity index (χ2n) is 6.62. The van der Waals surface area contributed by atoms with Crippen molar-refractivity contribution in [3.8, 4) is 0 Å². The van der Waals surface area contributed by atoms with Crippen LogP contribution in [0.4, 0.5) is 0 Å². The molecule has 5 atom stereocenters. The number of piperidine rings is 1. The van der Waals surface area contributed by atoms with E-state index in [9.17, 15) is 14.7 Å². The van der Waals surface area contributed by atoms with Crippen LogP contribution < -0.4 is 5.32 Å². The quantitative estimate of drug-likeness (QED) is 0.460. The van der Waals surface area contributed by atoms with E-state index in [0.29, 0.717) is 12.3 Å². The van der Waals surface area contributed by atoms with Gasteiger partial charge in [0, 0.05) is 11.8 Å². The van der Waals surface area contributed by atoms with Crippen LogP contribution in [0.25, 0.3) is 0 Å². The standard InChI is InChI=1S/C16H22ClNO4/c1-15-11(7-8-17)12(19)9-18-16(15,14(21)22-15)13(20)10-5-3-2-4-6-10/h3,5,10-11,13,18,20H,2,4,6-9H2,1H3/t10-,11+,13?,15+,16+/m1/s1. The number of aliphatic hydroxyl groups excluding tert-OH is 1. The van der Waals surface area contributed by atoms with Crippen molar-refractivity contribution in [2.24, 2.45) is 11.8 Å². The smallest absolute Gasteiger partial charge is 0.333 e. The molecule has 0 radical (unpaired) electrons. The Kier molecular flexibility index (Phi) is 4.08. The van der Waals surface area contributed by atoms with Gasteiger partial charge in [-0.05, 0) is 32.6 Å². The van der Waals surface area contributed by atoms with Gasteiger partial charge in [-0.2, -0.15) is 0 Å². The molecule has 2 N–H and O–H groups in total. The molecule has 0 aromatic carbocycles. The first-order valence-corrected chi connectivity index (χ1v) is 8.42. The third-order valence-electron chi connectivity index (χ3n) is 5.54. The molecule has 0 aromatic heterocycles. The lowest BCUT2D eigenvalue weighted by Crippen LogP contribution is -2.88. The number of halogens is 1. The van der Waals surface area contributed by atoms with Crippen LogP contribution >= 0.6 is 11.6 Å². The van der Waals surface area contributed by atoms with Crippen molar-refractivity contribution in [2.45, 2.75) is 49.9 Å². The zero-order valence-corrected chi connectivity index (χ0v) is 13.4. The Labute approximate surface area is 135 Å². The van der Waals surface area contributed by atoms with E-state index in [0.717, 1.165) is 19.3 Å². The Morgan fingerprint density at radius 2 is 2.32 bits per heavy atom. The van der Waals surface area contributed by atoms with Gasteiger partial charge in [0.25, 0.3) is 0 Å². The fraction of sp³-hybridized carbons (Fsp3) is 0.750. The Hall–Kier alpha value is -0.910. The van der Waals surface area contributed by atoms with Gasteiger partial charge in [0.2, 0.25) is 0 Å². The Balaban J connectivity index is 1.95. The second kappa shape index (κ2) is 5.62. The lowest BCUT2D eigenvalue weighted by atomic mass is 9.58. The molecular formula is C16H22ClNO4. The average Bonchev–Trinajstić information content (AvgIpc) is 2.52. The molecule has 2 saturated heterocycles. The number of carbonyl (C=O) groups is 2. The van der Waals surface area contributed by atoms with Gasteiger partial charge >= 0.3 is 5.97 Å². The zero-order chi connectivity index (χ0) is 16.0. The first kappa shape index (κ1) is 16.0. The summed E-state index contributed by atoms with van der Waals surface area (Å²) < 4.78 is 5.42. The van der Waals surface area contributed by atoms with Gasteiger partial charge in [-0.3, -0.25) is 10.1 Å². The van der Waals surface area contributed by atoms with Crippen molar-refractivity contribution in [3.05, 3.63) is 12.2 Å². The Bertz CT molecular complexity index is 522. The SMILES string of the molecule is C[C@@]12OC(=O)[C@]1(C(O)[C@@H]1C=CCCC1)NCC(=O)[C@@H]2CCCl. The van der Waals surface area contributed by atoms with E-state index in [1.54, 1.807) is 6.92 Å². The number of rotatable bonds is 4. The molecule has 0 aromatic rings. The summed E-state index contributed by atoms with van der Waals surface area (Å²) in [5.41, 5.74) is -2.23. The maximum absolute atomic E-state index is 12.3. The van der Waals surface area contributed by atoms with Gasteiger partial charge in [-0.15, -0.1) is 11.6 Å². The highest BCUT2D eigenvalue weighted by molar-refractivity contribution is 6.18. The normalized spacial score (nSPS) is 42.3. The van der Waals surface area contributed by atoms with Crippen LogP contribution in [0.1, 0.15) is 32.6 Å². The molecule has 1 unspecified atom stereocenters. The van der Waals surface area contributed by atoms with Crippen molar-refractivity contribution in [1.82, 2.24) is 5.32 Å². The largest absolute Gasteiger partial charge is 0.454 e. The number of fused-ring (bicyclic) bond motifs is 1. The summed E-state index contributed by atoms with van der Waals surface area (Å²) in [6, 6.07) is 0. The predicted molar refractivity (Wildman–Crippen MR) is 81.6 cm³/mol. The van der Waals surface area contributed by atoms with Crippen LogP contribution in [0, 0.1) is 11.8 Å². The van der Waals surface area contributed by atoms with Crippen LogP contribution in [0.5, 0.6) is 0 Å². The molecule has 2 fully saturated rings. The minimum atomic E-state index is -1.20. The maximum atomic E-state index is 12.3. The zero-order valence-electron chi connectivity index (χ0n) is 12.7. The minimum absolute atomic E-state index is 0.0161. The van der Waals surface area contributed by atoms with Crippen LogP contribution in [0.15, 0.2) is 12.2 Å². The molecule has 2 aliphatic heterocycles. The fourth-order valence-electron chi connectivity index (χ4n) is 4.25. The van der Waals surface area contributed by atoms with E-state index in [1.165, 1.54) is 0 Å². The number of aliphatic hydroxyl groups is 1. The third kappa shape index (κ3) is 1.99. The number of Topliss-reactive ketones (excluding diaryl/α,β-unsaturated/α-hetero) is 1. The highest BCUT2D eigenvalue weighted by Gasteiger charge is 2.76. The number of alkyl halides is 1. The monoisotopic (exact) mass is 327 g/mol. The van der Waals surface area contributed by atoms with Crippen molar-refractivity contribution < 1.29 is 19.4 Å². The number of hydrogen-bond acceptors (Lipinski definition) is 5. The molecule has 0 spiro atoms. The lowest BCUT2D eigenvalue weighted by molar-refractivity contribution is -0.259. The van der Waals surface area contributed by atoms with Gasteiger partial charge in [-0.1, -0.05) is 12.2 Å². The van der Waals surface area contributed by atoms with Gasteiger partial charge in [0.15, 0.2) is 16.9 Å². The van der Waals surface area contributed by atoms with Gasteiger partial charge < -0.3 is 9.84 Å². The summed E-state index contributed by atoms with van der Waals surface area (Å²) >= 11 is 5.82. The molecule has 0 amide bonds. The summed E-state index contributed by atoms with van der Waals surface area (Å²) in [6.45, 7) is 1.81. The molecule has 22 heavy (non-hydrogen) atoms. The maximum Gasteiger partial charge on any atom is 0.333 e. The van der Waals surface area contributed by atoms with Gasteiger partial charge in [-0.25, -0.2) is 4.79 Å². The highest BCUT2D eigenvalue weighted by atomic mass is 35.5. The summed E-state index contributed by atoms with van der Waals surface area (Å²) in [5.74, 6) is -0.727. The predicted octanol–water partition coefficient (Wildman–Crippen LogP) is 1.18. The third-order valence-corrected chi connectivity index (χ3v) is 5.76. The van der Waals surface area contributed by atoms with Crippen LogP contribution in [0.2, 0.25) is 0 Å². The van der Waals surface area contributed by atoms with E-state index >= 15 is 0 Å². The first-order chi connectivity index (χ1) is 10.5. The van der Waals surface area contributed by atoms with Gasteiger partial charge in [0.05, 0.1) is 18.6 Å². The molecule has 3 aliphatic rings. The van der Waals surface area contributed by atoms with Gasteiger partial charge in [0.1, 0.15) is 0 Å². The molecule has 6 heteroatoms. The topological polar surface area (TPSA) is 75.6 Å².